The van der Waals surface area contributed by atoms with Crippen molar-refractivity contribution in [2.24, 2.45) is 0 Å². The molecule has 1 aliphatic carbocycles. The van der Waals surface area contributed by atoms with Gasteiger partial charge in [-0.3, -0.25) is 4.79 Å². The van der Waals surface area contributed by atoms with Gasteiger partial charge in [0, 0.05) is 37.2 Å². The Morgan fingerprint density at radius 3 is 2.35 bits per heavy atom. The zero-order valence-electron chi connectivity index (χ0n) is 18.5. The number of nitrogens with one attached hydrogen (secondary N) is 3. The summed E-state index contributed by atoms with van der Waals surface area (Å²) in [6.45, 7) is 0.455. The fraction of sp³-hybridized carbons (Fsp3) is 0.280. The van der Waals surface area contributed by atoms with Crippen molar-refractivity contribution in [3.8, 4) is 11.1 Å². The molecule has 9 heteroatoms. The Labute approximate surface area is 196 Å². The van der Waals surface area contributed by atoms with E-state index < -0.39 is 24.0 Å². The Morgan fingerprint density at radius 1 is 1.06 bits per heavy atom. The molecule has 2 aromatic carbocycles. The summed E-state index contributed by atoms with van der Waals surface area (Å²) in [6, 6.07) is 15.2. The number of carbonyl (C=O) groups is 3. The Morgan fingerprint density at radius 2 is 1.74 bits per heavy atom. The van der Waals surface area contributed by atoms with Crippen LogP contribution in [0.25, 0.3) is 11.1 Å². The summed E-state index contributed by atoms with van der Waals surface area (Å²) < 4.78 is 5.46. The van der Waals surface area contributed by atoms with Gasteiger partial charge in [0.25, 0.3) is 0 Å². The molecule has 176 valence electrons. The number of aromatic amines is 1. The van der Waals surface area contributed by atoms with Crippen molar-refractivity contribution in [3.05, 3.63) is 77.9 Å². The van der Waals surface area contributed by atoms with Crippen molar-refractivity contribution in [3.63, 3.8) is 0 Å². The minimum Gasteiger partial charge on any atom is -0.480 e. The van der Waals surface area contributed by atoms with Gasteiger partial charge in [-0.15, -0.1) is 0 Å². The van der Waals surface area contributed by atoms with Crippen LogP contribution in [0.2, 0.25) is 0 Å². The van der Waals surface area contributed by atoms with Crippen molar-refractivity contribution < 1.29 is 24.2 Å². The second-order valence-corrected chi connectivity index (χ2v) is 8.10. The average Bonchev–Trinajstić information content (AvgIpc) is 3.46. The van der Waals surface area contributed by atoms with E-state index in [-0.39, 0.29) is 31.9 Å². The lowest BCUT2D eigenvalue weighted by atomic mass is 9.98. The van der Waals surface area contributed by atoms with Gasteiger partial charge < -0.3 is 25.5 Å². The third-order valence-corrected chi connectivity index (χ3v) is 5.81. The Bertz CT molecular complexity index is 1120. The molecule has 4 N–H and O–H groups in total. The maximum absolute atomic E-state index is 12.2. The van der Waals surface area contributed by atoms with Crippen LogP contribution in [-0.4, -0.2) is 52.2 Å². The van der Waals surface area contributed by atoms with E-state index in [0.29, 0.717) is 12.1 Å². The molecular weight excluding hydrogens is 436 g/mol. The largest absolute Gasteiger partial charge is 0.480 e. The molecule has 0 bridgehead atoms. The van der Waals surface area contributed by atoms with Crippen LogP contribution in [0, 0.1) is 0 Å². The fourth-order valence-electron chi connectivity index (χ4n) is 4.17. The fourth-order valence-corrected chi connectivity index (χ4v) is 4.17. The van der Waals surface area contributed by atoms with Crippen molar-refractivity contribution in [1.82, 2.24) is 20.6 Å². The van der Waals surface area contributed by atoms with Gasteiger partial charge in [-0.1, -0.05) is 48.5 Å². The highest BCUT2D eigenvalue weighted by Crippen LogP contribution is 2.44. The van der Waals surface area contributed by atoms with Crippen molar-refractivity contribution in [2.45, 2.75) is 31.2 Å². The summed E-state index contributed by atoms with van der Waals surface area (Å²) in [5.74, 6) is -1.55. The monoisotopic (exact) mass is 462 g/mol. The molecule has 1 atom stereocenters. The topological polar surface area (TPSA) is 133 Å². The number of amides is 2. The number of rotatable bonds is 10. The molecule has 0 saturated carbocycles. The number of aromatic nitrogens is 2. The number of carboxylic acid groups (broad SMARTS) is 1. The lowest BCUT2D eigenvalue weighted by Crippen LogP contribution is -2.42. The number of alkyl carbamates (subject to hydrolysis) is 1. The third kappa shape index (κ3) is 5.43. The molecule has 0 fully saturated rings. The summed E-state index contributed by atoms with van der Waals surface area (Å²) in [5, 5.41) is 14.5. The van der Waals surface area contributed by atoms with Gasteiger partial charge >= 0.3 is 12.1 Å². The minimum absolute atomic E-state index is 0.0215. The van der Waals surface area contributed by atoms with Crippen LogP contribution >= 0.6 is 0 Å². The summed E-state index contributed by atoms with van der Waals surface area (Å²) in [4.78, 5) is 42.4. The Hall–Kier alpha value is -4.14. The molecule has 0 spiro atoms. The predicted molar refractivity (Wildman–Crippen MR) is 124 cm³/mol. The molecule has 3 aromatic rings. The molecule has 34 heavy (non-hydrogen) atoms. The molecule has 1 unspecified atom stereocenters. The van der Waals surface area contributed by atoms with E-state index in [1.54, 1.807) is 0 Å². The van der Waals surface area contributed by atoms with Crippen molar-refractivity contribution >= 4 is 18.0 Å². The molecule has 1 aliphatic rings. The summed E-state index contributed by atoms with van der Waals surface area (Å²) in [5.41, 5.74) is 5.20. The van der Waals surface area contributed by atoms with E-state index >= 15 is 0 Å². The van der Waals surface area contributed by atoms with Crippen LogP contribution in [-0.2, 0) is 20.7 Å². The van der Waals surface area contributed by atoms with Crippen LogP contribution in [0.4, 0.5) is 4.79 Å². The van der Waals surface area contributed by atoms with Gasteiger partial charge in [0.05, 0.1) is 6.33 Å². The number of imidazole rings is 1. The lowest BCUT2D eigenvalue weighted by molar-refractivity contribution is -0.141. The zero-order valence-corrected chi connectivity index (χ0v) is 18.5. The maximum atomic E-state index is 12.2. The van der Waals surface area contributed by atoms with Crippen LogP contribution < -0.4 is 10.6 Å². The Kier molecular flexibility index (Phi) is 7.22. The highest BCUT2D eigenvalue weighted by Gasteiger charge is 2.29. The molecular formula is C25H26N4O5. The van der Waals surface area contributed by atoms with Gasteiger partial charge in [0.2, 0.25) is 5.91 Å². The number of hydrogen-bond donors (Lipinski definition) is 4. The predicted octanol–water partition coefficient (Wildman–Crippen LogP) is 2.84. The normalized spacial score (nSPS) is 12.9. The number of benzene rings is 2. The number of carbonyl (C=O) groups excluding carboxylic acids is 2. The standard InChI is InChI=1S/C25H26N4O5/c30-23(29-22(24(31)32)12-16-13-26-15-28-16)10-5-11-27-25(33)34-14-21-19-8-3-1-6-17(19)18-7-2-4-9-20(18)21/h1-4,6-9,13,15,21-22H,5,10-12,14H2,(H,26,28)(H,27,33)(H,29,30)(H,31,32). The number of fused-ring (bicyclic) bond motifs is 3. The number of ether oxygens (including phenoxy) is 1. The molecule has 1 aromatic heterocycles. The van der Waals surface area contributed by atoms with Gasteiger partial charge in [0.15, 0.2) is 0 Å². The highest BCUT2D eigenvalue weighted by molar-refractivity contribution is 5.83. The first-order valence-corrected chi connectivity index (χ1v) is 11.1. The molecule has 2 amide bonds. The van der Waals surface area contributed by atoms with Crippen LogP contribution in [0.3, 0.4) is 0 Å². The lowest BCUT2D eigenvalue weighted by Gasteiger charge is -2.15. The van der Waals surface area contributed by atoms with E-state index in [1.807, 2.05) is 24.3 Å². The summed E-state index contributed by atoms with van der Waals surface area (Å²) in [7, 11) is 0. The smallest absolute Gasteiger partial charge is 0.407 e. The van der Waals surface area contributed by atoms with Crippen LogP contribution in [0.15, 0.2) is 61.1 Å². The molecule has 9 nitrogen and oxygen atoms in total. The summed E-state index contributed by atoms with van der Waals surface area (Å²) in [6.07, 6.45) is 2.96. The first kappa shape index (κ1) is 23.0. The van der Waals surface area contributed by atoms with E-state index in [2.05, 4.69) is 44.9 Å². The zero-order chi connectivity index (χ0) is 23.9. The number of nitrogens with zero attached hydrogens (tertiary/aromatic N) is 1. The average molecular weight is 463 g/mol. The third-order valence-electron chi connectivity index (χ3n) is 5.81. The van der Waals surface area contributed by atoms with Crippen molar-refractivity contribution in [1.29, 1.82) is 0 Å². The van der Waals surface area contributed by atoms with E-state index in [0.717, 1.165) is 22.3 Å². The van der Waals surface area contributed by atoms with E-state index in [9.17, 15) is 19.5 Å². The number of H-pyrrole nitrogens is 1. The van der Waals surface area contributed by atoms with E-state index in [4.69, 9.17) is 4.74 Å². The second-order valence-electron chi connectivity index (χ2n) is 8.10. The van der Waals surface area contributed by atoms with Gasteiger partial charge in [-0.05, 0) is 28.7 Å². The molecule has 0 radical (unpaired) electrons. The quantitative estimate of drug-likeness (QED) is 0.343. The minimum atomic E-state index is -1.13. The van der Waals surface area contributed by atoms with Gasteiger partial charge in [-0.25, -0.2) is 14.6 Å². The van der Waals surface area contributed by atoms with Gasteiger partial charge in [-0.2, -0.15) is 0 Å². The van der Waals surface area contributed by atoms with Crippen molar-refractivity contribution in [2.75, 3.05) is 13.2 Å². The molecule has 4 rings (SSSR count). The molecule has 0 aliphatic heterocycles. The first-order chi connectivity index (χ1) is 16.5. The summed E-state index contributed by atoms with van der Waals surface area (Å²) >= 11 is 0. The van der Waals surface area contributed by atoms with Crippen LogP contribution in [0.5, 0.6) is 0 Å². The van der Waals surface area contributed by atoms with Gasteiger partial charge in [0.1, 0.15) is 12.6 Å². The SMILES string of the molecule is O=C(CCCNC(=O)OCC1c2ccccc2-c2ccccc21)NC(Cc1cnc[nH]1)C(=O)O. The highest BCUT2D eigenvalue weighted by atomic mass is 16.5. The first-order valence-electron chi connectivity index (χ1n) is 11.1. The second kappa shape index (κ2) is 10.7. The number of hydrogen-bond acceptors (Lipinski definition) is 5. The molecule has 0 saturated heterocycles. The van der Waals surface area contributed by atoms with Crippen LogP contribution in [0.1, 0.15) is 35.6 Å². The molecule has 1 heterocycles. The number of carboxylic acids is 1. The maximum Gasteiger partial charge on any atom is 0.407 e. The van der Waals surface area contributed by atoms with E-state index in [1.165, 1.54) is 12.5 Å². The Balaban J connectivity index is 1.19. The number of aliphatic carboxylic acids is 1.